The van der Waals surface area contributed by atoms with Crippen LogP contribution in [0.15, 0.2) is 89.6 Å². The predicted molar refractivity (Wildman–Crippen MR) is 161 cm³/mol. The molecule has 0 saturated heterocycles. The molecule has 8 nitrogen and oxygen atoms in total. The van der Waals surface area contributed by atoms with Crippen molar-refractivity contribution < 1.29 is 14.6 Å². The molecule has 0 atom stereocenters. The van der Waals surface area contributed by atoms with Gasteiger partial charge >= 0.3 is 0 Å². The first-order valence-electron chi connectivity index (χ1n) is 12.8. The number of phenols is 1. The van der Waals surface area contributed by atoms with E-state index < -0.39 is 0 Å². The first-order chi connectivity index (χ1) is 19.2. The van der Waals surface area contributed by atoms with Gasteiger partial charge in [0.25, 0.3) is 5.91 Å². The molecular weight excluding hydrogens is 522 g/mol. The largest absolute Gasteiger partial charge is 0.507 e. The second-order valence-corrected chi connectivity index (χ2v) is 11.0. The van der Waals surface area contributed by atoms with Gasteiger partial charge in [0.15, 0.2) is 11.0 Å². The number of hydrazone groups is 1. The standard InChI is InChI=1S/C31H33N5O3S/c1-6-8-21-9-7-10-23(28(21)38)19-32-33-27(37)20-40-30-35-34-29(22-11-13-24(14-12-22)31(2,3)4)36(30)25-15-17-26(39-5)18-16-25/h6-7,9-19,38H,1,8,20H2,2-5H3,(H,33,37)/b32-19-. The molecule has 0 aliphatic rings. The zero-order valence-corrected chi connectivity index (χ0v) is 23.9. The van der Waals surface area contributed by atoms with Crippen molar-refractivity contribution in [3.05, 3.63) is 96.1 Å². The third-order valence-electron chi connectivity index (χ3n) is 6.21. The van der Waals surface area contributed by atoms with E-state index in [1.54, 1.807) is 19.3 Å². The van der Waals surface area contributed by atoms with Crippen molar-refractivity contribution in [1.29, 1.82) is 0 Å². The molecule has 4 rings (SSSR count). The molecule has 0 aliphatic heterocycles. The summed E-state index contributed by atoms with van der Waals surface area (Å²) in [7, 11) is 1.62. The maximum Gasteiger partial charge on any atom is 0.250 e. The number of phenolic OH excluding ortho intramolecular Hbond substituents is 1. The molecular formula is C31H33N5O3S. The highest BCUT2D eigenvalue weighted by molar-refractivity contribution is 7.99. The Balaban J connectivity index is 1.53. The third kappa shape index (κ3) is 6.79. The number of hydrogen-bond donors (Lipinski definition) is 2. The fourth-order valence-electron chi connectivity index (χ4n) is 4.01. The summed E-state index contributed by atoms with van der Waals surface area (Å²) in [6, 6.07) is 21.2. The van der Waals surface area contributed by atoms with Crippen LogP contribution < -0.4 is 10.2 Å². The molecule has 0 unspecified atom stereocenters. The lowest BCUT2D eigenvalue weighted by Crippen LogP contribution is -2.20. The van der Waals surface area contributed by atoms with Crippen molar-refractivity contribution in [1.82, 2.24) is 20.2 Å². The number of rotatable bonds is 10. The van der Waals surface area contributed by atoms with E-state index in [0.717, 1.165) is 22.6 Å². The van der Waals surface area contributed by atoms with E-state index in [0.29, 0.717) is 23.0 Å². The topological polar surface area (TPSA) is 102 Å². The molecule has 0 aliphatic carbocycles. The van der Waals surface area contributed by atoms with E-state index in [1.165, 1.54) is 23.5 Å². The van der Waals surface area contributed by atoms with Gasteiger partial charge in [-0.15, -0.1) is 16.8 Å². The number of benzene rings is 3. The van der Waals surface area contributed by atoms with Crippen LogP contribution >= 0.6 is 11.8 Å². The van der Waals surface area contributed by atoms with Crippen molar-refractivity contribution in [2.45, 2.75) is 37.8 Å². The number of carbonyl (C=O) groups is 1. The van der Waals surface area contributed by atoms with Crippen molar-refractivity contribution in [3.63, 3.8) is 0 Å². The molecule has 1 heterocycles. The minimum absolute atomic E-state index is 0.0339. The molecule has 1 amide bonds. The van der Waals surface area contributed by atoms with Gasteiger partial charge in [0.1, 0.15) is 11.5 Å². The van der Waals surface area contributed by atoms with Crippen LogP contribution in [0.25, 0.3) is 17.1 Å². The molecule has 0 fully saturated rings. The SMILES string of the molecule is C=CCc1cccc(/C=N\NC(=O)CSc2nnc(-c3ccc(C(C)(C)C)cc3)n2-c2ccc(OC)cc2)c1O. The smallest absolute Gasteiger partial charge is 0.250 e. The molecule has 2 N–H and O–H groups in total. The average Bonchev–Trinajstić information content (AvgIpc) is 3.37. The number of nitrogens with one attached hydrogen (secondary N) is 1. The van der Waals surface area contributed by atoms with E-state index in [4.69, 9.17) is 4.74 Å². The van der Waals surface area contributed by atoms with Crippen LogP contribution in [0.4, 0.5) is 0 Å². The molecule has 4 aromatic rings. The fraction of sp³-hybridized carbons (Fsp3) is 0.226. The predicted octanol–water partition coefficient (Wildman–Crippen LogP) is 5.92. The van der Waals surface area contributed by atoms with Crippen LogP contribution in [0.2, 0.25) is 0 Å². The number of allylic oxidation sites excluding steroid dienone is 1. The van der Waals surface area contributed by atoms with Gasteiger partial charge in [-0.3, -0.25) is 9.36 Å². The van der Waals surface area contributed by atoms with Crippen LogP contribution in [-0.4, -0.2) is 44.9 Å². The summed E-state index contributed by atoms with van der Waals surface area (Å²) in [5, 5.41) is 23.8. The molecule has 0 bridgehead atoms. The van der Waals surface area contributed by atoms with Crippen molar-refractivity contribution in [3.8, 4) is 28.6 Å². The van der Waals surface area contributed by atoms with E-state index in [-0.39, 0.29) is 22.8 Å². The molecule has 40 heavy (non-hydrogen) atoms. The minimum Gasteiger partial charge on any atom is -0.507 e. The summed E-state index contributed by atoms with van der Waals surface area (Å²) in [6.45, 7) is 10.2. The average molecular weight is 556 g/mol. The zero-order valence-electron chi connectivity index (χ0n) is 23.1. The first-order valence-corrected chi connectivity index (χ1v) is 13.8. The van der Waals surface area contributed by atoms with E-state index in [1.807, 2.05) is 53.1 Å². The van der Waals surface area contributed by atoms with Gasteiger partial charge in [-0.2, -0.15) is 5.10 Å². The third-order valence-corrected chi connectivity index (χ3v) is 7.14. The molecule has 206 valence electrons. The van der Waals surface area contributed by atoms with Gasteiger partial charge in [0.05, 0.1) is 19.1 Å². The highest BCUT2D eigenvalue weighted by Gasteiger charge is 2.19. The first kappa shape index (κ1) is 28.6. The molecule has 3 aromatic carbocycles. The fourth-order valence-corrected chi connectivity index (χ4v) is 4.75. The number of aromatic nitrogens is 3. The van der Waals surface area contributed by atoms with Gasteiger partial charge in [0.2, 0.25) is 0 Å². The zero-order chi connectivity index (χ0) is 28.7. The Bertz CT molecular complexity index is 1500. The molecule has 0 spiro atoms. The number of carbonyl (C=O) groups excluding carboxylic acids is 1. The lowest BCUT2D eigenvalue weighted by atomic mass is 9.87. The summed E-state index contributed by atoms with van der Waals surface area (Å²) in [5.74, 6) is 1.27. The summed E-state index contributed by atoms with van der Waals surface area (Å²) >= 11 is 1.25. The lowest BCUT2D eigenvalue weighted by Gasteiger charge is -2.19. The van der Waals surface area contributed by atoms with Crippen LogP contribution in [0.1, 0.15) is 37.5 Å². The van der Waals surface area contributed by atoms with E-state index in [9.17, 15) is 9.90 Å². The summed E-state index contributed by atoms with van der Waals surface area (Å²) < 4.78 is 7.25. The van der Waals surface area contributed by atoms with Crippen LogP contribution in [0.5, 0.6) is 11.5 Å². The van der Waals surface area contributed by atoms with E-state index >= 15 is 0 Å². The quantitative estimate of drug-likeness (QED) is 0.109. The Kier molecular flexibility index (Phi) is 9.06. The van der Waals surface area contributed by atoms with Gasteiger partial charge in [-0.1, -0.05) is 75.0 Å². The number of thioether (sulfide) groups is 1. The van der Waals surface area contributed by atoms with Gasteiger partial charge in [0, 0.05) is 16.8 Å². The summed E-state index contributed by atoms with van der Waals surface area (Å²) in [5.41, 5.74) is 6.78. The van der Waals surface area contributed by atoms with Crippen LogP contribution in [0.3, 0.4) is 0 Å². The normalized spacial score (nSPS) is 11.5. The summed E-state index contributed by atoms with van der Waals surface area (Å²) in [6.07, 6.45) is 3.67. The minimum atomic E-state index is -0.316. The van der Waals surface area contributed by atoms with Crippen molar-refractivity contribution in [2.75, 3.05) is 12.9 Å². The Morgan fingerprint density at radius 3 is 2.48 bits per heavy atom. The highest BCUT2D eigenvalue weighted by atomic mass is 32.2. The molecule has 1 aromatic heterocycles. The van der Waals surface area contributed by atoms with Crippen molar-refractivity contribution in [2.24, 2.45) is 5.10 Å². The molecule has 0 radical (unpaired) electrons. The number of ether oxygens (including phenoxy) is 1. The van der Waals surface area contributed by atoms with Crippen LogP contribution in [-0.2, 0) is 16.6 Å². The number of methoxy groups -OCH3 is 1. The number of nitrogens with zero attached hydrogens (tertiary/aromatic N) is 4. The molecule has 0 saturated carbocycles. The van der Waals surface area contributed by atoms with Gasteiger partial charge in [-0.05, 0) is 53.3 Å². The second kappa shape index (κ2) is 12.7. The second-order valence-electron chi connectivity index (χ2n) is 10.1. The Morgan fingerprint density at radius 2 is 1.82 bits per heavy atom. The monoisotopic (exact) mass is 555 g/mol. The Morgan fingerprint density at radius 1 is 1.10 bits per heavy atom. The highest BCUT2D eigenvalue weighted by Crippen LogP contribution is 2.31. The molecule has 9 heteroatoms. The maximum atomic E-state index is 12.6. The van der Waals surface area contributed by atoms with Gasteiger partial charge in [-0.25, -0.2) is 5.43 Å². The van der Waals surface area contributed by atoms with E-state index in [2.05, 4.69) is 60.2 Å². The summed E-state index contributed by atoms with van der Waals surface area (Å²) in [4.78, 5) is 12.6. The number of hydrogen-bond acceptors (Lipinski definition) is 7. The number of aromatic hydroxyl groups is 1. The number of para-hydroxylation sites is 1. The Hall–Kier alpha value is -4.37. The number of amides is 1. The lowest BCUT2D eigenvalue weighted by molar-refractivity contribution is -0.118. The van der Waals surface area contributed by atoms with Crippen LogP contribution in [0, 0.1) is 0 Å². The van der Waals surface area contributed by atoms with Gasteiger partial charge < -0.3 is 9.84 Å². The maximum absolute atomic E-state index is 12.6. The van der Waals surface area contributed by atoms with Crippen molar-refractivity contribution >= 4 is 23.9 Å². The Labute approximate surface area is 238 Å².